The second-order valence-electron chi connectivity index (χ2n) is 6.23. The molecule has 1 saturated heterocycles. The van der Waals surface area contributed by atoms with E-state index in [1.807, 2.05) is 6.20 Å². The van der Waals surface area contributed by atoms with Crippen molar-refractivity contribution in [1.82, 2.24) is 20.2 Å². The van der Waals surface area contributed by atoms with Crippen LogP contribution >= 0.6 is 0 Å². The van der Waals surface area contributed by atoms with Gasteiger partial charge >= 0.3 is 0 Å². The molecule has 0 aromatic carbocycles. The van der Waals surface area contributed by atoms with E-state index < -0.39 is 0 Å². The fourth-order valence-electron chi connectivity index (χ4n) is 2.77. The number of hydrogen-bond donors (Lipinski definition) is 1. The number of nitrogens with one attached hydrogen (secondary N) is 1. The van der Waals surface area contributed by atoms with E-state index in [1.165, 1.54) is 5.56 Å². The number of hydrogen-bond acceptors (Lipinski definition) is 5. The van der Waals surface area contributed by atoms with Gasteiger partial charge in [0, 0.05) is 49.2 Å². The standard InChI is InChI=1S/C16H29N5/c1-6-7-17-8-15-9-18-16(19-14(15)4)21-10-12(2)20(5)13(3)11-21/h9,12-13,17H,6-8,10-11H2,1-5H3. The van der Waals surface area contributed by atoms with Crippen LogP contribution in [0.3, 0.4) is 0 Å². The first kappa shape index (κ1) is 16.2. The Balaban J connectivity index is 2.05. The molecular formula is C16H29N5. The minimum absolute atomic E-state index is 0.531. The maximum absolute atomic E-state index is 4.73. The smallest absolute Gasteiger partial charge is 0.225 e. The maximum Gasteiger partial charge on any atom is 0.225 e. The Morgan fingerprint density at radius 1 is 1.29 bits per heavy atom. The van der Waals surface area contributed by atoms with E-state index in [-0.39, 0.29) is 0 Å². The highest BCUT2D eigenvalue weighted by molar-refractivity contribution is 5.34. The van der Waals surface area contributed by atoms with Gasteiger partial charge in [-0.2, -0.15) is 0 Å². The minimum Gasteiger partial charge on any atom is -0.338 e. The average molecular weight is 291 g/mol. The molecular weight excluding hydrogens is 262 g/mol. The molecule has 0 bridgehead atoms. The van der Waals surface area contributed by atoms with Crippen molar-refractivity contribution in [3.63, 3.8) is 0 Å². The summed E-state index contributed by atoms with van der Waals surface area (Å²) in [5, 5.41) is 3.41. The third kappa shape index (κ3) is 3.92. The van der Waals surface area contributed by atoms with Gasteiger partial charge in [0.1, 0.15) is 0 Å². The van der Waals surface area contributed by atoms with Crippen molar-refractivity contribution in [2.24, 2.45) is 0 Å². The van der Waals surface area contributed by atoms with E-state index in [4.69, 9.17) is 4.98 Å². The Kier molecular flexibility index (Phi) is 5.53. The maximum atomic E-state index is 4.73. The van der Waals surface area contributed by atoms with Crippen molar-refractivity contribution in [1.29, 1.82) is 0 Å². The molecule has 1 aromatic rings. The van der Waals surface area contributed by atoms with Gasteiger partial charge in [-0.25, -0.2) is 9.97 Å². The first-order valence-electron chi connectivity index (χ1n) is 8.03. The van der Waals surface area contributed by atoms with Gasteiger partial charge in [0.15, 0.2) is 0 Å². The third-order valence-electron chi connectivity index (χ3n) is 4.45. The number of aromatic nitrogens is 2. The highest BCUT2D eigenvalue weighted by Gasteiger charge is 2.27. The summed E-state index contributed by atoms with van der Waals surface area (Å²) in [6.45, 7) is 12.7. The molecule has 1 aliphatic heterocycles. The molecule has 118 valence electrons. The highest BCUT2D eigenvalue weighted by atomic mass is 15.3. The summed E-state index contributed by atoms with van der Waals surface area (Å²) in [7, 11) is 2.20. The number of piperazine rings is 1. The molecule has 2 unspecified atom stereocenters. The van der Waals surface area contributed by atoms with E-state index in [0.717, 1.165) is 44.2 Å². The van der Waals surface area contributed by atoms with Crippen molar-refractivity contribution in [3.05, 3.63) is 17.5 Å². The van der Waals surface area contributed by atoms with Gasteiger partial charge in [-0.05, 0) is 40.8 Å². The predicted molar refractivity (Wildman–Crippen MR) is 87.7 cm³/mol. The number of aryl methyl sites for hydroxylation is 1. The molecule has 5 nitrogen and oxygen atoms in total. The molecule has 0 saturated carbocycles. The monoisotopic (exact) mass is 291 g/mol. The SMILES string of the molecule is CCCNCc1cnc(N2CC(C)N(C)C(C)C2)nc1C. The lowest BCUT2D eigenvalue weighted by atomic mass is 10.1. The molecule has 1 fully saturated rings. The van der Waals surface area contributed by atoms with Crippen LogP contribution < -0.4 is 10.2 Å². The zero-order chi connectivity index (χ0) is 15.4. The van der Waals surface area contributed by atoms with Crippen LogP contribution in [0, 0.1) is 6.92 Å². The first-order chi connectivity index (χ1) is 10.0. The highest BCUT2D eigenvalue weighted by Crippen LogP contribution is 2.19. The summed E-state index contributed by atoms with van der Waals surface area (Å²) in [5.74, 6) is 0.874. The fourth-order valence-corrected chi connectivity index (χ4v) is 2.77. The quantitative estimate of drug-likeness (QED) is 0.838. The van der Waals surface area contributed by atoms with Crippen LogP contribution in [0.2, 0.25) is 0 Å². The van der Waals surface area contributed by atoms with Crippen molar-refractivity contribution < 1.29 is 0 Å². The van der Waals surface area contributed by atoms with E-state index in [0.29, 0.717) is 12.1 Å². The number of nitrogens with zero attached hydrogens (tertiary/aromatic N) is 4. The number of likely N-dealkylation sites (N-methyl/N-ethyl adjacent to an activating group) is 1. The van der Waals surface area contributed by atoms with Crippen molar-refractivity contribution >= 4 is 5.95 Å². The van der Waals surface area contributed by atoms with Gasteiger partial charge < -0.3 is 10.2 Å². The van der Waals surface area contributed by atoms with E-state index in [2.05, 4.69) is 54.8 Å². The topological polar surface area (TPSA) is 44.3 Å². The Bertz CT molecular complexity index is 450. The second-order valence-corrected chi connectivity index (χ2v) is 6.23. The molecule has 0 radical (unpaired) electrons. The molecule has 0 spiro atoms. The summed E-state index contributed by atoms with van der Waals surface area (Å²) in [6.07, 6.45) is 3.13. The lowest BCUT2D eigenvalue weighted by molar-refractivity contribution is 0.169. The fraction of sp³-hybridized carbons (Fsp3) is 0.750. The zero-order valence-corrected chi connectivity index (χ0v) is 14.1. The summed E-state index contributed by atoms with van der Waals surface area (Å²) >= 11 is 0. The summed E-state index contributed by atoms with van der Waals surface area (Å²) in [5.41, 5.74) is 2.28. The second kappa shape index (κ2) is 7.18. The molecule has 1 aliphatic rings. The van der Waals surface area contributed by atoms with E-state index in [1.54, 1.807) is 0 Å². The molecule has 2 heterocycles. The largest absolute Gasteiger partial charge is 0.338 e. The summed E-state index contributed by atoms with van der Waals surface area (Å²) in [6, 6.07) is 1.06. The van der Waals surface area contributed by atoms with Crippen LogP contribution in [0.5, 0.6) is 0 Å². The Hall–Kier alpha value is -1.20. The number of rotatable bonds is 5. The van der Waals surface area contributed by atoms with Crippen LogP contribution in [0.4, 0.5) is 5.95 Å². The predicted octanol–water partition coefficient (Wildman–Crippen LogP) is 1.81. The van der Waals surface area contributed by atoms with E-state index >= 15 is 0 Å². The summed E-state index contributed by atoms with van der Waals surface area (Å²) in [4.78, 5) is 14.1. The van der Waals surface area contributed by atoms with Crippen LogP contribution in [-0.4, -0.2) is 53.6 Å². The lowest BCUT2D eigenvalue weighted by Gasteiger charge is -2.42. The van der Waals surface area contributed by atoms with Crippen molar-refractivity contribution in [2.75, 3.05) is 31.6 Å². The van der Waals surface area contributed by atoms with Gasteiger partial charge in [-0.3, -0.25) is 4.90 Å². The minimum atomic E-state index is 0.531. The van der Waals surface area contributed by atoms with Crippen molar-refractivity contribution in [2.45, 2.75) is 52.7 Å². The Morgan fingerprint density at radius 3 is 2.52 bits per heavy atom. The third-order valence-corrected chi connectivity index (χ3v) is 4.45. The molecule has 1 N–H and O–H groups in total. The normalized spacial score (nSPS) is 23.6. The first-order valence-corrected chi connectivity index (χ1v) is 8.03. The van der Waals surface area contributed by atoms with Crippen molar-refractivity contribution in [3.8, 4) is 0 Å². The molecule has 5 heteroatoms. The number of anilines is 1. The van der Waals surface area contributed by atoms with Gasteiger partial charge in [-0.15, -0.1) is 0 Å². The molecule has 0 amide bonds. The van der Waals surface area contributed by atoms with Gasteiger partial charge in [0.05, 0.1) is 0 Å². The van der Waals surface area contributed by atoms with Gasteiger partial charge in [0.2, 0.25) is 5.95 Å². The van der Waals surface area contributed by atoms with Gasteiger partial charge in [-0.1, -0.05) is 6.92 Å². The molecule has 2 rings (SSSR count). The van der Waals surface area contributed by atoms with E-state index in [9.17, 15) is 0 Å². The average Bonchev–Trinajstić information content (AvgIpc) is 2.46. The molecule has 1 aromatic heterocycles. The van der Waals surface area contributed by atoms with Crippen LogP contribution in [0.25, 0.3) is 0 Å². The van der Waals surface area contributed by atoms with Crippen LogP contribution in [0.1, 0.15) is 38.4 Å². The Labute approximate surface area is 128 Å². The Morgan fingerprint density at radius 2 is 1.95 bits per heavy atom. The zero-order valence-electron chi connectivity index (χ0n) is 14.1. The molecule has 0 aliphatic carbocycles. The molecule has 2 atom stereocenters. The van der Waals surface area contributed by atoms with Gasteiger partial charge in [0.25, 0.3) is 0 Å². The lowest BCUT2D eigenvalue weighted by Crippen LogP contribution is -2.55. The van der Waals surface area contributed by atoms with Crippen LogP contribution in [-0.2, 0) is 6.54 Å². The van der Waals surface area contributed by atoms with Crippen LogP contribution in [0.15, 0.2) is 6.20 Å². The summed E-state index contributed by atoms with van der Waals surface area (Å²) < 4.78 is 0. The molecule has 21 heavy (non-hydrogen) atoms.